The molecule has 3 nitrogen and oxygen atoms in total. The van der Waals surface area contributed by atoms with Crippen LogP contribution in [0.3, 0.4) is 0 Å². The van der Waals surface area contributed by atoms with E-state index in [1.54, 1.807) is 0 Å². The maximum Gasteiger partial charge on any atom is 0.241 e. The summed E-state index contributed by atoms with van der Waals surface area (Å²) in [5.74, 6) is 2.45. The SMILES string of the molecule is CCC1CC1N1C(=O)C(CC(C)C)NC1C1CCCC1. The van der Waals surface area contributed by atoms with Crippen molar-refractivity contribution in [2.75, 3.05) is 0 Å². The zero-order chi connectivity index (χ0) is 14.3. The molecule has 0 spiro atoms. The molecule has 3 rings (SSSR count). The molecule has 0 aromatic heterocycles. The van der Waals surface area contributed by atoms with Crippen LogP contribution in [-0.2, 0) is 4.79 Å². The summed E-state index contributed by atoms with van der Waals surface area (Å²) < 4.78 is 0. The van der Waals surface area contributed by atoms with Crippen molar-refractivity contribution in [2.24, 2.45) is 17.8 Å². The van der Waals surface area contributed by atoms with Crippen molar-refractivity contribution in [1.29, 1.82) is 0 Å². The first-order valence-electron chi connectivity index (χ1n) is 8.70. The van der Waals surface area contributed by atoms with Crippen LogP contribution in [-0.4, -0.2) is 29.1 Å². The highest BCUT2D eigenvalue weighted by atomic mass is 16.2. The second-order valence-electron chi connectivity index (χ2n) is 7.56. The number of nitrogens with zero attached hydrogens (tertiary/aromatic N) is 1. The lowest BCUT2D eigenvalue weighted by molar-refractivity contribution is -0.131. The van der Waals surface area contributed by atoms with E-state index in [-0.39, 0.29) is 6.04 Å². The normalized spacial score (nSPS) is 38.2. The van der Waals surface area contributed by atoms with E-state index in [4.69, 9.17) is 0 Å². The molecule has 0 aromatic carbocycles. The van der Waals surface area contributed by atoms with Crippen LogP contribution >= 0.6 is 0 Å². The van der Waals surface area contributed by atoms with Gasteiger partial charge in [-0.2, -0.15) is 0 Å². The number of hydrogen-bond acceptors (Lipinski definition) is 2. The third kappa shape index (κ3) is 2.61. The molecule has 3 fully saturated rings. The molecule has 1 N–H and O–H groups in total. The van der Waals surface area contributed by atoms with Crippen molar-refractivity contribution in [3.05, 3.63) is 0 Å². The van der Waals surface area contributed by atoms with Gasteiger partial charge in [-0.05, 0) is 43.4 Å². The molecule has 1 heterocycles. The minimum Gasteiger partial charge on any atom is -0.322 e. The predicted molar refractivity (Wildman–Crippen MR) is 81.2 cm³/mol. The highest BCUT2D eigenvalue weighted by Crippen LogP contribution is 2.44. The van der Waals surface area contributed by atoms with Crippen LogP contribution in [0.1, 0.15) is 65.7 Å². The highest BCUT2D eigenvalue weighted by molar-refractivity contribution is 5.85. The van der Waals surface area contributed by atoms with E-state index >= 15 is 0 Å². The Hall–Kier alpha value is -0.570. The van der Waals surface area contributed by atoms with Gasteiger partial charge in [0.1, 0.15) is 0 Å². The summed E-state index contributed by atoms with van der Waals surface area (Å²) in [4.78, 5) is 15.1. The molecule has 3 aliphatic rings. The third-order valence-electron chi connectivity index (χ3n) is 5.54. The van der Waals surface area contributed by atoms with Crippen molar-refractivity contribution in [2.45, 2.75) is 84.0 Å². The average Bonchev–Trinajstić information content (AvgIpc) is 2.83. The van der Waals surface area contributed by atoms with E-state index in [1.807, 2.05) is 0 Å². The Bertz CT molecular complexity index is 362. The highest BCUT2D eigenvalue weighted by Gasteiger charge is 2.52. The predicted octanol–water partition coefficient (Wildman–Crippen LogP) is 3.15. The first kappa shape index (κ1) is 14.4. The van der Waals surface area contributed by atoms with Gasteiger partial charge in [0.05, 0.1) is 12.2 Å². The summed E-state index contributed by atoms with van der Waals surface area (Å²) in [6, 6.07) is 0.626. The van der Waals surface area contributed by atoms with Crippen LogP contribution in [0.2, 0.25) is 0 Å². The van der Waals surface area contributed by atoms with Crippen LogP contribution < -0.4 is 5.32 Å². The van der Waals surface area contributed by atoms with Crippen LogP contribution in [0.5, 0.6) is 0 Å². The third-order valence-corrected chi connectivity index (χ3v) is 5.54. The van der Waals surface area contributed by atoms with E-state index in [1.165, 1.54) is 38.5 Å². The van der Waals surface area contributed by atoms with Crippen molar-refractivity contribution < 1.29 is 4.79 Å². The molecule has 1 saturated heterocycles. The fraction of sp³-hybridized carbons (Fsp3) is 0.941. The quantitative estimate of drug-likeness (QED) is 0.838. The molecule has 2 aliphatic carbocycles. The Morgan fingerprint density at radius 2 is 2.00 bits per heavy atom. The van der Waals surface area contributed by atoms with Gasteiger partial charge in [-0.25, -0.2) is 0 Å². The van der Waals surface area contributed by atoms with Crippen LogP contribution in [0, 0.1) is 17.8 Å². The molecule has 20 heavy (non-hydrogen) atoms. The molecule has 1 amide bonds. The Labute approximate surface area is 123 Å². The molecule has 2 saturated carbocycles. The fourth-order valence-electron chi connectivity index (χ4n) is 4.33. The number of hydrogen-bond donors (Lipinski definition) is 1. The number of rotatable bonds is 5. The van der Waals surface area contributed by atoms with E-state index in [9.17, 15) is 4.79 Å². The van der Waals surface area contributed by atoms with Crippen molar-refractivity contribution in [3.63, 3.8) is 0 Å². The Morgan fingerprint density at radius 1 is 1.30 bits per heavy atom. The second-order valence-corrected chi connectivity index (χ2v) is 7.56. The van der Waals surface area contributed by atoms with Gasteiger partial charge in [-0.3, -0.25) is 10.1 Å². The summed E-state index contributed by atoms with van der Waals surface area (Å²) >= 11 is 0. The lowest BCUT2D eigenvalue weighted by Gasteiger charge is -2.29. The molecule has 0 aromatic rings. The summed E-state index contributed by atoms with van der Waals surface area (Å²) in [7, 11) is 0. The number of amides is 1. The monoisotopic (exact) mass is 278 g/mol. The maximum absolute atomic E-state index is 12.8. The van der Waals surface area contributed by atoms with Crippen LogP contribution in [0.25, 0.3) is 0 Å². The largest absolute Gasteiger partial charge is 0.322 e. The molecule has 0 bridgehead atoms. The molecule has 3 heteroatoms. The Kier molecular flexibility index (Phi) is 4.07. The van der Waals surface area contributed by atoms with E-state index in [0.717, 1.165) is 12.3 Å². The minimum atomic E-state index is 0.0821. The van der Waals surface area contributed by atoms with Gasteiger partial charge in [-0.15, -0.1) is 0 Å². The van der Waals surface area contributed by atoms with Gasteiger partial charge in [0.15, 0.2) is 0 Å². The molecule has 0 radical (unpaired) electrons. The zero-order valence-corrected chi connectivity index (χ0v) is 13.3. The van der Waals surface area contributed by atoms with Crippen molar-refractivity contribution >= 4 is 5.91 Å². The van der Waals surface area contributed by atoms with E-state index in [0.29, 0.717) is 30.0 Å². The molecular weight excluding hydrogens is 248 g/mol. The smallest absolute Gasteiger partial charge is 0.241 e. The molecule has 1 aliphatic heterocycles. The zero-order valence-electron chi connectivity index (χ0n) is 13.3. The lowest BCUT2D eigenvalue weighted by atomic mass is 10.0. The summed E-state index contributed by atoms with van der Waals surface area (Å²) in [5, 5.41) is 3.71. The van der Waals surface area contributed by atoms with Gasteiger partial charge < -0.3 is 4.90 Å². The number of nitrogens with one attached hydrogen (secondary N) is 1. The molecular formula is C17H30N2O. The van der Waals surface area contributed by atoms with Crippen molar-refractivity contribution in [3.8, 4) is 0 Å². The minimum absolute atomic E-state index is 0.0821. The van der Waals surface area contributed by atoms with Gasteiger partial charge >= 0.3 is 0 Å². The van der Waals surface area contributed by atoms with Gasteiger partial charge in [0.2, 0.25) is 5.91 Å². The maximum atomic E-state index is 12.8. The Morgan fingerprint density at radius 3 is 2.55 bits per heavy atom. The van der Waals surface area contributed by atoms with E-state index < -0.39 is 0 Å². The summed E-state index contributed by atoms with van der Waals surface area (Å²) in [6.45, 7) is 6.69. The molecule has 4 unspecified atom stereocenters. The van der Waals surface area contributed by atoms with Crippen LogP contribution in [0.4, 0.5) is 0 Å². The summed E-state index contributed by atoms with van der Waals surface area (Å²) in [6.07, 6.45) is 9.10. The average molecular weight is 278 g/mol. The van der Waals surface area contributed by atoms with Crippen LogP contribution in [0.15, 0.2) is 0 Å². The summed E-state index contributed by atoms with van der Waals surface area (Å²) in [5.41, 5.74) is 0. The van der Waals surface area contributed by atoms with Gasteiger partial charge in [-0.1, -0.05) is 40.0 Å². The standard InChI is InChI=1S/C17H30N2O/c1-4-12-10-15(12)19-16(13-7-5-6-8-13)18-14(17(19)20)9-11(2)3/h11-16,18H,4-10H2,1-3H3. The van der Waals surface area contributed by atoms with Crippen molar-refractivity contribution in [1.82, 2.24) is 10.2 Å². The molecule has 4 atom stereocenters. The first-order chi connectivity index (χ1) is 9.61. The lowest BCUT2D eigenvalue weighted by Crippen LogP contribution is -2.44. The first-order valence-corrected chi connectivity index (χ1v) is 8.70. The Balaban J connectivity index is 1.73. The number of carbonyl (C=O) groups is 1. The number of carbonyl (C=O) groups excluding carboxylic acids is 1. The van der Waals surface area contributed by atoms with Gasteiger partial charge in [0.25, 0.3) is 0 Å². The topological polar surface area (TPSA) is 32.3 Å². The fourth-order valence-corrected chi connectivity index (χ4v) is 4.33. The molecule has 114 valence electrons. The van der Waals surface area contributed by atoms with Gasteiger partial charge in [0, 0.05) is 6.04 Å². The second kappa shape index (κ2) is 5.67. The van der Waals surface area contributed by atoms with E-state index in [2.05, 4.69) is 31.0 Å².